The smallest absolute Gasteiger partial charge is 0.259 e. The van der Waals surface area contributed by atoms with Crippen molar-refractivity contribution in [1.29, 1.82) is 0 Å². The van der Waals surface area contributed by atoms with Crippen LogP contribution in [0.2, 0.25) is 0 Å². The van der Waals surface area contributed by atoms with Crippen molar-refractivity contribution >= 4 is 40.3 Å². The predicted octanol–water partition coefficient (Wildman–Crippen LogP) is 4.95. The van der Waals surface area contributed by atoms with Gasteiger partial charge in [-0.1, -0.05) is 55.3 Å². The fourth-order valence-electron chi connectivity index (χ4n) is 4.68. The van der Waals surface area contributed by atoms with Gasteiger partial charge in [0.15, 0.2) is 5.17 Å². The molecule has 0 saturated heterocycles. The molecule has 0 bridgehead atoms. The van der Waals surface area contributed by atoms with E-state index in [1.165, 1.54) is 30.3 Å². The van der Waals surface area contributed by atoms with Crippen LogP contribution in [0.4, 0.5) is 10.1 Å². The number of hydrogen-bond donors (Lipinski definition) is 1. The van der Waals surface area contributed by atoms with Crippen LogP contribution in [0.15, 0.2) is 58.5 Å². The highest BCUT2D eigenvalue weighted by molar-refractivity contribution is 8.13. The number of nitrogens with zero attached hydrogens (tertiary/aromatic N) is 3. The lowest BCUT2D eigenvalue weighted by Crippen LogP contribution is -2.41. The third-order valence-corrected chi connectivity index (χ3v) is 7.43. The lowest BCUT2D eigenvalue weighted by Gasteiger charge is -2.25. The van der Waals surface area contributed by atoms with Crippen molar-refractivity contribution in [1.82, 2.24) is 10.2 Å². The second-order valence-corrected chi connectivity index (χ2v) is 9.86. The summed E-state index contributed by atoms with van der Waals surface area (Å²) in [6, 6.07) is 13.7. The van der Waals surface area contributed by atoms with E-state index in [2.05, 4.69) is 5.32 Å². The molecule has 8 heteroatoms. The number of carbonyl (C=O) groups excluding carboxylic acids is 2. The Labute approximate surface area is 202 Å². The molecule has 2 aromatic carbocycles. The van der Waals surface area contributed by atoms with Gasteiger partial charge in [-0.2, -0.15) is 0 Å². The molecular weight excluding hydrogens is 451 g/mol. The minimum atomic E-state index is -0.613. The number of thioether (sulfide) groups is 1. The van der Waals surface area contributed by atoms with E-state index in [1.807, 2.05) is 30.3 Å². The van der Waals surface area contributed by atoms with E-state index in [1.54, 1.807) is 11.0 Å². The molecule has 0 radical (unpaired) electrons. The van der Waals surface area contributed by atoms with Gasteiger partial charge >= 0.3 is 0 Å². The third kappa shape index (κ3) is 4.92. The number of fused-ring (bicyclic) bond motifs is 3. The summed E-state index contributed by atoms with van der Waals surface area (Å²) in [6.45, 7) is 0. The van der Waals surface area contributed by atoms with E-state index in [9.17, 15) is 14.0 Å². The number of amides is 2. The van der Waals surface area contributed by atoms with Gasteiger partial charge in [0.2, 0.25) is 5.91 Å². The quantitative estimate of drug-likeness (QED) is 0.639. The molecule has 3 aliphatic rings. The number of aliphatic imine (C=N–C) groups is 2. The Hall–Kier alpha value is -3.00. The Morgan fingerprint density at radius 2 is 1.94 bits per heavy atom. The van der Waals surface area contributed by atoms with Crippen LogP contribution in [-0.2, 0) is 15.3 Å². The van der Waals surface area contributed by atoms with E-state index in [0.29, 0.717) is 23.2 Å². The van der Waals surface area contributed by atoms with Gasteiger partial charge in [-0.25, -0.2) is 14.3 Å². The average molecular weight is 479 g/mol. The highest BCUT2D eigenvalue weighted by Crippen LogP contribution is 2.35. The Morgan fingerprint density at radius 1 is 1.12 bits per heavy atom. The SMILES string of the molecule is O=C(CCC1N=C2c3ccccc3N=C(SCc3cccc(F)c3)N2C1=O)NC1CCCCC1. The van der Waals surface area contributed by atoms with Gasteiger partial charge in [-0.3, -0.25) is 14.6 Å². The molecule has 5 rings (SSSR count). The number of amidine groups is 2. The standard InChI is InChI=1S/C26H27FN4O2S/c27-18-8-6-7-17(15-18)16-34-26-30-21-12-5-4-11-20(21)24-29-22(25(33)31(24)26)13-14-23(32)28-19-9-2-1-3-10-19/h4-8,11-12,15,19,22H,1-3,9-10,13-14,16H2,(H,28,32). The fourth-order valence-corrected chi connectivity index (χ4v) is 5.62. The Balaban J connectivity index is 1.30. The summed E-state index contributed by atoms with van der Waals surface area (Å²) in [7, 11) is 0. The van der Waals surface area contributed by atoms with Crippen molar-refractivity contribution in [3.63, 3.8) is 0 Å². The number of hydrogen-bond acceptors (Lipinski definition) is 5. The minimum Gasteiger partial charge on any atom is -0.353 e. The summed E-state index contributed by atoms with van der Waals surface area (Å²) in [6.07, 6.45) is 6.24. The highest BCUT2D eigenvalue weighted by atomic mass is 32.2. The topological polar surface area (TPSA) is 74.1 Å². The molecule has 6 nitrogen and oxygen atoms in total. The van der Waals surface area contributed by atoms with Gasteiger partial charge in [-0.05, 0) is 49.1 Å². The molecule has 2 heterocycles. The van der Waals surface area contributed by atoms with Crippen molar-refractivity contribution in [3.05, 3.63) is 65.5 Å². The van der Waals surface area contributed by atoms with Gasteiger partial charge in [0.05, 0.1) is 5.69 Å². The first-order valence-corrected chi connectivity index (χ1v) is 12.8. The van der Waals surface area contributed by atoms with Crippen LogP contribution in [0.5, 0.6) is 0 Å². The van der Waals surface area contributed by atoms with Crippen molar-refractivity contribution in [2.45, 2.75) is 62.8 Å². The molecule has 1 saturated carbocycles. The zero-order valence-electron chi connectivity index (χ0n) is 18.9. The van der Waals surface area contributed by atoms with Gasteiger partial charge in [0.25, 0.3) is 5.91 Å². The van der Waals surface area contributed by atoms with Crippen LogP contribution in [0, 0.1) is 5.82 Å². The molecule has 2 amide bonds. The monoisotopic (exact) mass is 478 g/mol. The summed E-state index contributed by atoms with van der Waals surface area (Å²) in [5, 5.41) is 3.65. The first-order chi connectivity index (χ1) is 16.6. The summed E-state index contributed by atoms with van der Waals surface area (Å²) in [4.78, 5) is 36.9. The van der Waals surface area contributed by atoms with Gasteiger partial charge < -0.3 is 5.32 Å². The van der Waals surface area contributed by atoms with E-state index in [-0.39, 0.29) is 30.1 Å². The average Bonchev–Trinajstić information content (AvgIpc) is 3.18. The number of para-hydroxylation sites is 1. The van der Waals surface area contributed by atoms with Crippen molar-refractivity contribution in [2.75, 3.05) is 0 Å². The van der Waals surface area contributed by atoms with Crippen LogP contribution < -0.4 is 5.32 Å². The summed E-state index contributed by atoms with van der Waals surface area (Å²) >= 11 is 1.38. The number of nitrogens with one attached hydrogen (secondary N) is 1. The zero-order valence-corrected chi connectivity index (χ0v) is 19.7. The van der Waals surface area contributed by atoms with Crippen LogP contribution in [-0.4, -0.2) is 39.8 Å². The zero-order chi connectivity index (χ0) is 23.5. The molecule has 1 fully saturated rings. The largest absolute Gasteiger partial charge is 0.353 e. The molecule has 1 atom stereocenters. The van der Waals surface area contributed by atoms with Crippen molar-refractivity contribution in [3.8, 4) is 0 Å². The highest BCUT2D eigenvalue weighted by Gasteiger charge is 2.41. The van der Waals surface area contributed by atoms with Crippen LogP contribution in [0.3, 0.4) is 0 Å². The van der Waals surface area contributed by atoms with Crippen molar-refractivity contribution in [2.24, 2.45) is 9.98 Å². The van der Waals surface area contributed by atoms with E-state index in [0.717, 1.165) is 42.5 Å². The second-order valence-electron chi connectivity index (χ2n) is 8.91. The van der Waals surface area contributed by atoms with Crippen LogP contribution >= 0.6 is 11.8 Å². The molecular formula is C26H27FN4O2S. The summed E-state index contributed by atoms with van der Waals surface area (Å²) in [5.41, 5.74) is 2.37. The van der Waals surface area contributed by atoms with E-state index < -0.39 is 6.04 Å². The lowest BCUT2D eigenvalue weighted by atomic mass is 9.95. The number of rotatable bonds is 6. The molecule has 176 valence electrons. The maximum absolute atomic E-state index is 13.6. The second kappa shape index (κ2) is 10.1. The molecule has 2 aliphatic heterocycles. The maximum atomic E-state index is 13.6. The third-order valence-electron chi connectivity index (χ3n) is 6.42. The minimum absolute atomic E-state index is 0.0143. The van der Waals surface area contributed by atoms with Gasteiger partial charge in [0, 0.05) is 23.8 Å². The molecule has 34 heavy (non-hydrogen) atoms. The lowest BCUT2D eigenvalue weighted by molar-refractivity contribution is -0.125. The molecule has 2 aromatic rings. The van der Waals surface area contributed by atoms with Gasteiger partial charge in [-0.15, -0.1) is 0 Å². The Morgan fingerprint density at radius 3 is 2.76 bits per heavy atom. The van der Waals surface area contributed by atoms with Crippen LogP contribution in [0.1, 0.15) is 56.1 Å². The van der Waals surface area contributed by atoms with Crippen molar-refractivity contribution < 1.29 is 14.0 Å². The molecule has 1 N–H and O–H groups in total. The Kier molecular flexibility index (Phi) is 6.76. The summed E-state index contributed by atoms with van der Waals surface area (Å²) in [5.74, 6) is 0.583. The fraction of sp³-hybridized carbons (Fsp3) is 0.385. The van der Waals surface area contributed by atoms with Crippen LogP contribution in [0.25, 0.3) is 0 Å². The normalized spacial score (nSPS) is 19.9. The summed E-state index contributed by atoms with van der Waals surface area (Å²) < 4.78 is 13.6. The first-order valence-electron chi connectivity index (χ1n) is 11.8. The first kappa shape index (κ1) is 22.8. The molecule has 0 spiro atoms. The number of benzene rings is 2. The molecule has 1 aliphatic carbocycles. The van der Waals surface area contributed by atoms with E-state index >= 15 is 0 Å². The van der Waals surface area contributed by atoms with E-state index in [4.69, 9.17) is 9.98 Å². The number of carbonyl (C=O) groups is 2. The molecule has 0 aromatic heterocycles. The predicted molar refractivity (Wildman–Crippen MR) is 133 cm³/mol. The number of halogens is 1. The molecule has 1 unspecified atom stereocenters. The Bertz CT molecular complexity index is 1160. The maximum Gasteiger partial charge on any atom is 0.259 e. The van der Waals surface area contributed by atoms with Gasteiger partial charge in [0.1, 0.15) is 17.7 Å².